The number of halogens is 1. The van der Waals surface area contributed by atoms with E-state index in [9.17, 15) is 0 Å². The van der Waals surface area contributed by atoms with Crippen molar-refractivity contribution in [3.63, 3.8) is 0 Å². The van der Waals surface area contributed by atoms with E-state index in [-0.39, 0.29) is 0 Å². The van der Waals surface area contributed by atoms with Crippen LogP contribution in [0.1, 0.15) is 11.3 Å². The standard InChI is InChI=1S/C14H13ClN4O/c1-10-12(3-2-4-13(10)15)14-6-5-11(20-14)7-18-19-8-16-17-9-19/h2-6,8-9,18H,7H2,1H3. The van der Waals surface area contributed by atoms with Gasteiger partial charge in [-0.15, -0.1) is 10.2 Å². The predicted molar refractivity (Wildman–Crippen MR) is 77.0 cm³/mol. The van der Waals surface area contributed by atoms with Crippen LogP contribution in [0.3, 0.4) is 0 Å². The van der Waals surface area contributed by atoms with Gasteiger partial charge in [0.25, 0.3) is 0 Å². The summed E-state index contributed by atoms with van der Waals surface area (Å²) in [7, 11) is 0. The molecule has 0 fully saturated rings. The highest BCUT2D eigenvalue weighted by Gasteiger charge is 2.09. The molecule has 0 saturated heterocycles. The number of furan rings is 1. The highest BCUT2D eigenvalue weighted by molar-refractivity contribution is 6.31. The van der Waals surface area contributed by atoms with E-state index in [1.54, 1.807) is 17.3 Å². The fraction of sp³-hybridized carbons (Fsp3) is 0.143. The lowest BCUT2D eigenvalue weighted by atomic mass is 10.1. The Bertz CT molecular complexity index is 706. The Morgan fingerprint density at radius 1 is 1.20 bits per heavy atom. The summed E-state index contributed by atoms with van der Waals surface area (Å²) in [5.74, 6) is 1.64. The number of hydrogen-bond acceptors (Lipinski definition) is 4. The van der Waals surface area contributed by atoms with Gasteiger partial charge in [-0.3, -0.25) is 0 Å². The van der Waals surface area contributed by atoms with Crippen molar-refractivity contribution >= 4 is 11.6 Å². The number of aromatic nitrogens is 3. The molecule has 5 nitrogen and oxygen atoms in total. The van der Waals surface area contributed by atoms with Crippen molar-refractivity contribution in [1.82, 2.24) is 14.9 Å². The third-order valence-corrected chi connectivity index (χ3v) is 3.46. The average Bonchev–Trinajstić information content (AvgIpc) is 3.10. The van der Waals surface area contributed by atoms with E-state index in [0.717, 1.165) is 27.7 Å². The van der Waals surface area contributed by atoms with Crippen LogP contribution in [-0.2, 0) is 6.54 Å². The second-order valence-electron chi connectivity index (χ2n) is 4.38. The van der Waals surface area contributed by atoms with E-state index in [0.29, 0.717) is 6.54 Å². The molecule has 0 bridgehead atoms. The van der Waals surface area contributed by atoms with Crippen molar-refractivity contribution in [2.75, 3.05) is 5.43 Å². The first-order valence-corrected chi connectivity index (χ1v) is 6.54. The number of rotatable bonds is 4. The number of benzene rings is 1. The van der Waals surface area contributed by atoms with Crippen LogP contribution in [0.4, 0.5) is 0 Å². The van der Waals surface area contributed by atoms with Crippen LogP contribution in [0.25, 0.3) is 11.3 Å². The van der Waals surface area contributed by atoms with E-state index in [4.69, 9.17) is 16.0 Å². The molecule has 0 radical (unpaired) electrons. The molecule has 1 aromatic carbocycles. The van der Waals surface area contributed by atoms with Crippen LogP contribution in [0, 0.1) is 6.92 Å². The molecule has 3 rings (SSSR count). The zero-order valence-corrected chi connectivity index (χ0v) is 11.6. The van der Waals surface area contributed by atoms with Crippen molar-refractivity contribution < 1.29 is 4.42 Å². The van der Waals surface area contributed by atoms with Crippen molar-refractivity contribution in [2.45, 2.75) is 13.5 Å². The minimum Gasteiger partial charge on any atom is -0.459 e. The van der Waals surface area contributed by atoms with Crippen LogP contribution in [0.5, 0.6) is 0 Å². The van der Waals surface area contributed by atoms with Gasteiger partial charge in [-0.05, 0) is 30.7 Å². The first kappa shape index (κ1) is 12.7. The molecule has 0 amide bonds. The van der Waals surface area contributed by atoms with Crippen LogP contribution in [0.2, 0.25) is 5.02 Å². The van der Waals surface area contributed by atoms with Crippen molar-refractivity contribution in [1.29, 1.82) is 0 Å². The summed E-state index contributed by atoms with van der Waals surface area (Å²) in [6.07, 6.45) is 3.18. The van der Waals surface area contributed by atoms with Gasteiger partial charge in [0.1, 0.15) is 24.2 Å². The summed E-state index contributed by atoms with van der Waals surface area (Å²) in [5.41, 5.74) is 5.13. The maximum absolute atomic E-state index is 6.13. The van der Waals surface area contributed by atoms with Crippen molar-refractivity contribution in [2.24, 2.45) is 0 Å². The van der Waals surface area contributed by atoms with Gasteiger partial charge >= 0.3 is 0 Å². The van der Waals surface area contributed by atoms with E-state index in [1.165, 1.54) is 0 Å². The Hall–Kier alpha value is -2.27. The van der Waals surface area contributed by atoms with Gasteiger partial charge in [0.15, 0.2) is 0 Å². The Morgan fingerprint density at radius 2 is 2.00 bits per heavy atom. The first-order valence-electron chi connectivity index (χ1n) is 6.17. The Kier molecular flexibility index (Phi) is 3.43. The Morgan fingerprint density at radius 3 is 2.80 bits per heavy atom. The minimum atomic E-state index is 0.553. The fourth-order valence-corrected chi connectivity index (χ4v) is 2.12. The monoisotopic (exact) mass is 288 g/mol. The van der Waals surface area contributed by atoms with Crippen molar-refractivity contribution in [3.05, 3.63) is 59.3 Å². The third kappa shape index (κ3) is 2.53. The van der Waals surface area contributed by atoms with Gasteiger partial charge in [-0.2, -0.15) is 0 Å². The van der Waals surface area contributed by atoms with Crippen molar-refractivity contribution in [3.8, 4) is 11.3 Å². The molecule has 0 saturated carbocycles. The Labute approximate surface area is 121 Å². The molecule has 102 valence electrons. The summed E-state index contributed by atoms with van der Waals surface area (Å²) in [5, 5.41) is 8.17. The van der Waals surface area contributed by atoms with Crippen LogP contribution in [0.15, 0.2) is 47.4 Å². The highest BCUT2D eigenvalue weighted by atomic mass is 35.5. The summed E-state index contributed by atoms with van der Waals surface area (Å²) in [6.45, 7) is 2.53. The van der Waals surface area contributed by atoms with Crippen LogP contribution < -0.4 is 5.43 Å². The number of nitrogens with zero attached hydrogens (tertiary/aromatic N) is 3. The molecule has 1 N–H and O–H groups in total. The molecular formula is C14H13ClN4O. The maximum atomic E-state index is 6.13. The molecule has 20 heavy (non-hydrogen) atoms. The summed E-state index contributed by atoms with van der Waals surface area (Å²) in [4.78, 5) is 0. The summed E-state index contributed by atoms with van der Waals surface area (Å²) in [6, 6.07) is 9.67. The van der Waals surface area contributed by atoms with Crippen LogP contribution in [-0.4, -0.2) is 14.9 Å². The SMILES string of the molecule is Cc1c(Cl)cccc1-c1ccc(CNn2cnnc2)o1. The van der Waals surface area contributed by atoms with E-state index < -0.39 is 0 Å². The molecule has 3 aromatic rings. The molecule has 0 aliphatic rings. The predicted octanol–water partition coefficient (Wildman–Crippen LogP) is 3.24. The topological polar surface area (TPSA) is 55.9 Å². The number of hydrogen-bond donors (Lipinski definition) is 1. The normalized spacial score (nSPS) is 10.7. The van der Waals surface area contributed by atoms with Gasteiger partial charge in [0.2, 0.25) is 0 Å². The molecule has 0 aliphatic carbocycles. The first-order chi connectivity index (χ1) is 9.74. The largest absolute Gasteiger partial charge is 0.459 e. The van der Waals surface area contributed by atoms with Gasteiger partial charge in [-0.25, -0.2) is 4.68 Å². The van der Waals surface area contributed by atoms with Gasteiger partial charge < -0.3 is 9.84 Å². The molecule has 0 spiro atoms. The van der Waals surface area contributed by atoms with Gasteiger partial charge in [0, 0.05) is 10.6 Å². The number of nitrogens with one attached hydrogen (secondary N) is 1. The molecule has 0 unspecified atom stereocenters. The third-order valence-electron chi connectivity index (χ3n) is 3.05. The maximum Gasteiger partial charge on any atom is 0.138 e. The lowest BCUT2D eigenvalue weighted by molar-refractivity contribution is 0.522. The molecule has 6 heteroatoms. The Balaban J connectivity index is 1.78. The van der Waals surface area contributed by atoms with E-state index in [2.05, 4.69) is 15.6 Å². The second kappa shape index (κ2) is 5.38. The smallest absolute Gasteiger partial charge is 0.138 e. The fourth-order valence-electron chi connectivity index (χ4n) is 1.94. The molecule has 2 heterocycles. The molecular weight excluding hydrogens is 276 g/mol. The molecule has 2 aromatic heterocycles. The summed E-state index contributed by atoms with van der Waals surface area (Å²) >= 11 is 6.13. The van der Waals surface area contributed by atoms with Gasteiger partial charge in [-0.1, -0.05) is 23.7 Å². The van der Waals surface area contributed by atoms with Crippen LogP contribution >= 0.6 is 11.6 Å². The molecule has 0 aliphatic heterocycles. The lowest BCUT2D eigenvalue weighted by Crippen LogP contribution is -2.11. The highest BCUT2D eigenvalue weighted by Crippen LogP contribution is 2.29. The minimum absolute atomic E-state index is 0.553. The average molecular weight is 289 g/mol. The zero-order valence-electron chi connectivity index (χ0n) is 10.9. The van der Waals surface area contributed by atoms with Gasteiger partial charge in [0.05, 0.1) is 6.54 Å². The van der Waals surface area contributed by atoms with E-state index >= 15 is 0 Å². The zero-order chi connectivity index (χ0) is 13.9. The lowest BCUT2D eigenvalue weighted by Gasteiger charge is -2.05. The molecule has 0 atom stereocenters. The summed E-state index contributed by atoms with van der Waals surface area (Å²) < 4.78 is 7.50. The van der Waals surface area contributed by atoms with E-state index in [1.807, 2.05) is 37.3 Å². The quantitative estimate of drug-likeness (QED) is 0.801. The second-order valence-corrected chi connectivity index (χ2v) is 4.79.